The van der Waals surface area contributed by atoms with Crippen LogP contribution in [-0.2, 0) is 4.79 Å². The standard InChI is InChI=1S/C19H15NO2S2/c1-12-5-3-4-6-15(12)11-17-18(22)20(19(23)24-17)16-9-7-14(8-10-16)13(2)21/h3-11H,1-2H3. The summed E-state index contributed by atoms with van der Waals surface area (Å²) < 4.78 is 0.496. The minimum atomic E-state index is -0.135. The minimum absolute atomic E-state index is 0.00797. The van der Waals surface area contributed by atoms with E-state index in [1.54, 1.807) is 24.3 Å². The molecule has 1 fully saturated rings. The van der Waals surface area contributed by atoms with E-state index >= 15 is 0 Å². The third-order valence-electron chi connectivity index (χ3n) is 3.80. The number of aryl methyl sites for hydroxylation is 1. The lowest BCUT2D eigenvalue weighted by Crippen LogP contribution is -2.27. The zero-order valence-electron chi connectivity index (χ0n) is 13.3. The molecule has 120 valence electrons. The van der Waals surface area contributed by atoms with E-state index in [2.05, 4.69) is 0 Å². The maximum atomic E-state index is 12.7. The molecule has 0 N–H and O–H groups in total. The monoisotopic (exact) mass is 353 g/mol. The molecule has 3 nitrogen and oxygen atoms in total. The van der Waals surface area contributed by atoms with Gasteiger partial charge in [-0.1, -0.05) is 48.2 Å². The lowest BCUT2D eigenvalue weighted by atomic mass is 10.1. The molecule has 0 radical (unpaired) electrons. The number of hydrogen-bond donors (Lipinski definition) is 0. The van der Waals surface area contributed by atoms with Gasteiger partial charge in [-0.25, -0.2) is 0 Å². The fraction of sp³-hybridized carbons (Fsp3) is 0.105. The average molecular weight is 353 g/mol. The van der Waals surface area contributed by atoms with Crippen LogP contribution in [0.15, 0.2) is 53.4 Å². The van der Waals surface area contributed by atoms with Crippen LogP contribution < -0.4 is 4.90 Å². The van der Waals surface area contributed by atoms with E-state index in [0.29, 0.717) is 20.5 Å². The third kappa shape index (κ3) is 3.18. The number of carbonyl (C=O) groups is 2. The van der Waals surface area contributed by atoms with E-state index < -0.39 is 0 Å². The molecule has 24 heavy (non-hydrogen) atoms. The van der Waals surface area contributed by atoms with Gasteiger partial charge >= 0.3 is 0 Å². The summed E-state index contributed by atoms with van der Waals surface area (Å²) in [6, 6.07) is 14.8. The molecule has 0 spiro atoms. The quantitative estimate of drug-likeness (QED) is 0.459. The molecule has 0 aliphatic carbocycles. The molecule has 2 aromatic rings. The van der Waals surface area contributed by atoms with Crippen LogP contribution in [-0.4, -0.2) is 16.0 Å². The van der Waals surface area contributed by atoms with Crippen molar-refractivity contribution in [3.63, 3.8) is 0 Å². The van der Waals surface area contributed by atoms with Crippen LogP contribution in [0.5, 0.6) is 0 Å². The largest absolute Gasteiger partial charge is 0.295 e. The Balaban J connectivity index is 1.92. The summed E-state index contributed by atoms with van der Waals surface area (Å²) >= 11 is 6.66. The normalized spacial score (nSPS) is 16.1. The molecule has 2 aromatic carbocycles. The number of benzene rings is 2. The highest BCUT2D eigenvalue weighted by atomic mass is 32.2. The number of anilines is 1. The van der Waals surface area contributed by atoms with Crippen molar-refractivity contribution in [3.05, 3.63) is 70.1 Å². The van der Waals surface area contributed by atoms with E-state index in [-0.39, 0.29) is 11.7 Å². The molecule has 0 unspecified atom stereocenters. The molecule has 0 saturated carbocycles. The van der Waals surface area contributed by atoms with Gasteiger partial charge in [0.25, 0.3) is 5.91 Å². The maximum Gasteiger partial charge on any atom is 0.270 e. The summed E-state index contributed by atoms with van der Waals surface area (Å²) in [5.41, 5.74) is 3.40. The van der Waals surface area contributed by atoms with Gasteiger partial charge in [0.15, 0.2) is 10.1 Å². The molecule has 1 saturated heterocycles. The Hall–Kier alpha value is -2.24. The van der Waals surface area contributed by atoms with Crippen molar-refractivity contribution in [2.24, 2.45) is 0 Å². The first kappa shape index (κ1) is 16.6. The van der Waals surface area contributed by atoms with Gasteiger partial charge in [-0.2, -0.15) is 0 Å². The van der Waals surface area contributed by atoms with Crippen LogP contribution in [0.1, 0.15) is 28.4 Å². The van der Waals surface area contributed by atoms with Crippen molar-refractivity contribution >= 4 is 51.8 Å². The predicted octanol–water partition coefficient (Wildman–Crippen LogP) is 4.60. The van der Waals surface area contributed by atoms with Gasteiger partial charge < -0.3 is 0 Å². The predicted molar refractivity (Wildman–Crippen MR) is 103 cm³/mol. The summed E-state index contributed by atoms with van der Waals surface area (Å²) in [7, 11) is 0. The second-order valence-corrected chi connectivity index (χ2v) is 7.15. The minimum Gasteiger partial charge on any atom is -0.295 e. The van der Waals surface area contributed by atoms with Gasteiger partial charge in [0, 0.05) is 5.56 Å². The zero-order chi connectivity index (χ0) is 17.3. The van der Waals surface area contributed by atoms with Crippen molar-refractivity contribution in [2.75, 3.05) is 4.90 Å². The number of ketones is 1. The van der Waals surface area contributed by atoms with Crippen LogP contribution in [0.3, 0.4) is 0 Å². The number of carbonyl (C=O) groups excluding carboxylic acids is 2. The van der Waals surface area contributed by atoms with E-state index in [9.17, 15) is 9.59 Å². The Kier molecular flexibility index (Phi) is 4.64. The lowest BCUT2D eigenvalue weighted by Gasteiger charge is -2.14. The molecule has 5 heteroatoms. The molecule has 0 atom stereocenters. The zero-order valence-corrected chi connectivity index (χ0v) is 14.9. The second kappa shape index (κ2) is 6.71. The van der Waals surface area contributed by atoms with Gasteiger partial charge in [0.2, 0.25) is 0 Å². The summed E-state index contributed by atoms with van der Waals surface area (Å²) in [6.07, 6.45) is 1.87. The third-order valence-corrected chi connectivity index (χ3v) is 5.10. The lowest BCUT2D eigenvalue weighted by molar-refractivity contribution is -0.113. The molecule has 1 aliphatic heterocycles. The van der Waals surface area contributed by atoms with Crippen molar-refractivity contribution in [3.8, 4) is 0 Å². The fourth-order valence-electron chi connectivity index (χ4n) is 2.43. The van der Waals surface area contributed by atoms with Crippen LogP contribution in [0.4, 0.5) is 5.69 Å². The molecule has 1 heterocycles. The number of nitrogens with zero attached hydrogens (tertiary/aromatic N) is 1. The van der Waals surface area contributed by atoms with Crippen molar-refractivity contribution < 1.29 is 9.59 Å². The highest BCUT2D eigenvalue weighted by Crippen LogP contribution is 2.36. The number of amides is 1. The fourth-order valence-corrected chi connectivity index (χ4v) is 3.72. The van der Waals surface area contributed by atoms with Crippen molar-refractivity contribution in [1.82, 2.24) is 0 Å². The highest BCUT2D eigenvalue weighted by Gasteiger charge is 2.33. The number of thioether (sulfide) groups is 1. The Morgan fingerprint density at radius 1 is 1.12 bits per heavy atom. The topological polar surface area (TPSA) is 37.4 Å². The molecule has 1 amide bonds. The Labute approximate surface area is 150 Å². The number of thiocarbonyl (C=S) groups is 1. The maximum absolute atomic E-state index is 12.7. The molecule has 0 bridgehead atoms. The van der Waals surface area contributed by atoms with E-state index in [0.717, 1.165) is 11.1 Å². The van der Waals surface area contributed by atoms with Gasteiger partial charge in [0.1, 0.15) is 0 Å². The first-order valence-electron chi connectivity index (χ1n) is 7.42. The first-order chi connectivity index (χ1) is 11.5. The smallest absolute Gasteiger partial charge is 0.270 e. The Bertz CT molecular complexity index is 869. The molecular formula is C19H15NO2S2. The number of hydrogen-bond acceptors (Lipinski definition) is 4. The molecule has 1 aliphatic rings. The van der Waals surface area contributed by atoms with Crippen molar-refractivity contribution in [1.29, 1.82) is 0 Å². The van der Waals surface area contributed by atoms with Gasteiger partial charge in [0.05, 0.1) is 10.6 Å². The molecule has 3 rings (SSSR count). The summed E-state index contributed by atoms with van der Waals surface area (Å²) in [6.45, 7) is 3.52. The summed E-state index contributed by atoms with van der Waals surface area (Å²) in [4.78, 5) is 26.2. The number of Topliss-reactive ketones (excluding diaryl/α,β-unsaturated/α-hetero) is 1. The Morgan fingerprint density at radius 2 is 1.79 bits per heavy atom. The molecule has 0 aromatic heterocycles. The van der Waals surface area contributed by atoms with Crippen LogP contribution in [0.25, 0.3) is 6.08 Å². The van der Waals surface area contributed by atoms with Crippen molar-refractivity contribution in [2.45, 2.75) is 13.8 Å². The van der Waals surface area contributed by atoms with E-state index in [1.165, 1.54) is 23.6 Å². The van der Waals surface area contributed by atoms with Gasteiger partial charge in [-0.15, -0.1) is 0 Å². The van der Waals surface area contributed by atoms with Gasteiger partial charge in [-0.3, -0.25) is 14.5 Å². The average Bonchev–Trinajstić information content (AvgIpc) is 2.84. The highest BCUT2D eigenvalue weighted by molar-refractivity contribution is 8.27. The van der Waals surface area contributed by atoms with E-state index in [1.807, 2.05) is 37.3 Å². The Morgan fingerprint density at radius 3 is 2.42 bits per heavy atom. The molecular weight excluding hydrogens is 338 g/mol. The van der Waals surface area contributed by atoms with Gasteiger partial charge in [-0.05, 0) is 55.3 Å². The first-order valence-corrected chi connectivity index (χ1v) is 8.64. The summed E-state index contributed by atoms with van der Waals surface area (Å²) in [5, 5.41) is 0. The second-order valence-electron chi connectivity index (χ2n) is 5.48. The summed E-state index contributed by atoms with van der Waals surface area (Å²) in [5.74, 6) is -0.143. The van der Waals surface area contributed by atoms with E-state index in [4.69, 9.17) is 12.2 Å². The van der Waals surface area contributed by atoms with Crippen LogP contribution in [0.2, 0.25) is 0 Å². The van der Waals surface area contributed by atoms with Crippen LogP contribution >= 0.6 is 24.0 Å². The SMILES string of the molecule is CC(=O)c1ccc(N2C(=O)C(=Cc3ccccc3C)SC2=S)cc1. The van der Waals surface area contributed by atoms with Crippen LogP contribution in [0, 0.1) is 6.92 Å². The number of rotatable bonds is 3.